The Hall–Kier alpha value is -0.650. The second kappa shape index (κ2) is 5.15. The van der Waals surface area contributed by atoms with Gasteiger partial charge in [0, 0.05) is 39.3 Å². The van der Waals surface area contributed by atoms with Gasteiger partial charge in [-0.3, -0.25) is 9.69 Å². The molecule has 2 aliphatic rings. The van der Waals surface area contributed by atoms with Crippen LogP contribution in [-0.2, 0) is 4.79 Å². The van der Waals surface area contributed by atoms with Gasteiger partial charge in [-0.15, -0.1) is 0 Å². The normalized spacial score (nSPS) is 25.3. The highest BCUT2D eigenvalue weighted by Crippen LogP contribution is 2.28. The number of likely N-dealkylation sites (N-methyl/N-ethyl adjacent to an activating group) is 1. The van der Waals surface area contributed by atoms with Crippen molar-refractivity contribution in [3.8, 4) is 0 Å². The van der Waals surface area contributed by atoms with E-state index in [9.17, 15) is 9.90 Å². The van der Waals surface area contributed by atoms with E-state index in [1.54, 1.807) is 0 Å². The molecule has 0 aromatic rings. The Morgan fingerprint density at radius 3 is 2.28 bits per heavy atom. The van der Waals surface area contributed by atoms with Crippen LogP contribution in [0.1, 0.15) is 13.8 Å². The SMILES string of the molecule is CC(C)C1(O)CN(CC(=O)N2CCN(C)CC2)C1. The third-order valence-corrected chi connectivity index (χ3v) is 4.28. The van der Waals surface area contributed by atoms with E-state index in [1.165, 1.54) is 0 Å². The minimum Gasteiger partial charge on any atom is -0.387 e. The number of aliphatic hydroxyl groups is 1. The van der Waals surface area contributed by atoms with Crippen LogP contribution in [0, 0.1) is 5.92 Å². The molecule has 18 heavy (non-hydrogen) atoms. The molecule has 1 N–H and O–H groups in total. The van der Waals surface area contributed by atoms with Crippen molar-refractivity contribution in [1.29, 1.82) is 0 Å². The quantitative estimate of drug-likeness (QED) is 0.736. The highest BCUT2D eigenvalue weighted by atomic mass is 16.3. The second-order valence-electron chi connectivity index (χ2n) is 6.09. The summed E-state index contributed by atoms with van der Waals surface area (Å²) in [6.45, 7) is 9.35. The lowest BCUT2D eigenvalue weighted by Gasteiger charge is -2.49. The Morgan fingerprint density at radius 1 is 1.22 bits per heavy atom. The van der Waals surface area contributed by atoms with Crippen molar-refractivity contribution in [2.24, 2.45) is 5.92 Å². The van der Waals surface area contributed by atoms with E-state index >= 15 is 0 Å². The minimum absolute atomic E-state index is 0.203. The van der Waals surface area contributed by atoms with E-state index < -0.39 is 5.60 Å². The second-order valence-corrected chi connectivity index (χ2v) is 6.09. The maximum atomic E-state index is 12.1. The molecule has 2 saturated heterocycles. The Labute approximate surface area is 109 Å². The van der Waals surface area contributed by atoms with E-state index in [-0.39, 0.29) is 11.8 Å². The molecule has 5 heteroatoms. The summed E-state index contributed by atoms with van der Waals surface area (Å²) in [5.74, 6) is 0.460. The zero-order valence-electron chi connectivity index (χ0n) is 11.7. The molecule has 0 aliphatic carbocycles. The molecule has 2 fully saturated rings. The maximum Gasteiger partial charge on any atom is 0.236 e. The number of amides is 1. The van der Waals surface area contributed by atoms with Crippen molar-refractivity contribution >= 4 is 5.91 Å². The first-order valence-electron chi connectivity index (χ1n) is 6.82. The molecule has 0 spiro atoms. The molecule has 2 rings (SSSR count). The van der Waals surface area contributed by atoms with Crippen molar-refractivity contribution in [1.82, 2.24) is 14.7 Å². The molecule has 0 aromatic heterocycles. The Kier molecular flexibility index (Phi) is 3.94. The van der Waals surface area contributed by atoms with Gasteiger partial charge in [-0.1, -0.05) is 13.8 Å². The zero-order chi connectivity index (χ0) is 13.3. The number of likely N-dealkylation sites (tertiary alicyclic amines) is 1. The first-order chi connectivity index (χ1) is 8.40. The van der Waals surface area contributed by atoms with Gasteiger partial charge in [-0.2, -0.15) is 0 Å². The number of hydrogen-bond donors (Lipinski definition) is 1. The lowest BCUT2D eigenvalue weighted by molar-refractivity contribution is -0.150. The summed E-state index contributed by atoms with van der Waals surface area (Å²) in [5.41, 5.74) is -0.581. The van der Waals surface area contributed by atoms with Gasteiger partial charge in [0.15, 0.2) is 0 Å². The summed E-state index contributed by atoms with van der Waals surface area (Å²) < 4.78 is 0. The summed E-state index contributed by atoms with van der Waals surface area (Å²) in [6.07, 6.45) is 0. The predicted octanol–water partition coefficient (Wildman–Crippen LogP) is -0.537. The number of carbonyl (C=O) groups is 1. The average molecular weight is 255 g/mol. The molecule has 0 atom stereocenters. The van der Waals surface area contributed by atoms with Crippen LogP contribution >= 0.6 is 0 Å². The van der Waals surface area contributed by atoms with Crippen LogP contribution in [0.2, 0.25) is 0 Å². The predicted molar refractivity (Wildman–Crippen MR) is 70.3 cm³/mol. The number of carbonyl (C=O) groups excluding carboxylic acids is 1. The van der Waals surface area contributed by atoms with Crippen LogP contribution < -0.4 is 0 Å². The molecule has 1 amide bonds. The summed E-state index contributed by atoms with van der Waals surface area (Å²) in [4.78, 5) is 18.3. The average Bonchev–Trinajstić information content (AvgIpc) is 2.27. The van der Waals surface area contributed by atoms with Gasteiger partial charge in [0.2, 0.25) is 5.91 Å². The molecule has 0 unspecified atom stereocenters. The van der Waals surface area contributed by atoms with Crippen molar-refractivity contribution in [2.75, 3.05) is 52.9 Å². The van der Waals surface area contributed by atoms with Crippen molar-refractivity contribution in [3.05, 3.63) is 0 Å². The molecular weight excluding hydrogens is 230 g/mol. The number of β-amino-alcohol motifs (C(OH)–C–C–N with tert-alkyl or cyclic N) is 1. The van der Waals surface area contributed by atoms with E-state index in [0.717, 1.165) is 26.2 Å². The topological polar surface area (TPSA) is 47.0 Å². The molecule has 5 nitrogen and oxygen atoms in total. The summed E-state index contributed by atoms with van der Waals surface area (Å²) in [7, 11) is 2.08. The summed E-state index contributed by atoms with van der Waals surface area (Å²) >= 11 is 0. The first-order valence-corrected chi connectivity index (χ1v) is 6.82. The minimum atomic E-state index is -0.581. The molecule has 0 radical (unpaired) electrons. The molecule has 2 heterocycles. The Balaban J connectivity index is 1.73. The lowest BCUT2D eigenvalue weighted by atomic mass is 9.83. The third-order valence-electron chi connectivity index (χ3n) is 4.28. The lowest BCUT2D eigenvalue weighted by Crippen LogP contribution is -2.66. The molecule has 0 bridgehead atoms. The van der Waals surface area contributed by atoms with Crippen LogP contribution in [0.25, 0.3) is 0 Å². The first kappa shape index (κ1) is 13.8. The van der Waals surface area contributed by atoms with E-state index in [0.29, 0.717) is 19.6 Å². The Bertz CT molecular complexity index is 305. The van der Waals surface area contributed by atoms with Gasteiger partial charge in [0.05, 0.1) is 12.1 Å². The number of nitrogens with zero attached hydrogens (tertiary/aromatic N) is 3. The monoisotopic (exact) mass is 255 g/mol. The van der Waals surface area contributed by atoms with Gasteiger partial charge < -0.3 is 14.9 Å². The standard InChI is InChI=1S/C13H25N3O2/c1-11(2)13(18)9-15(10-13)8-12(17)16-6-4-14(3)5-7-16/h11,18H,4-10H2,1-3H3. The molecular formula is C13H25N3O2. The van der Waals surface area contributed by atoms with Crippen molar-refractivity contribution in [3.63, 3.8) is 0 Å². The van der Waals surface area contributed by atoms with Crippen molar-refractivity contribution in [2.45, 2.75) is 19.4 Å². The zero-order valence-corrected chi connectivity index (χ0v) is 11.7. The highest BCUT2D eigenvalue weighted by Gasteiger charge is 2.44. The van der Waals surface area contributed by atoms with Crippen molar-refractivity contribution < 1.29 is 9.90 Å². The van der Waals surface area contributed by atoms with Gasteiger partial charge >= 0.3 is 0 Å². The molecule has 0 aromatic carbocycles. The van der Waals surface area contributed by atoms with Gasteiger partial charge in [-0.05, 0) is 13.0 Å². The maximum absolute atomic E-state index is 12.1. The van der Waals surface area contributed by atoms with E-state index in [2.05, 4.69) is 11.9 Å². The fourth-order valence-electron chi connectivity index (χ4n) is 2.55. The number of hydrogen-bond acceptors (Lipinski definition) is 4. The smallest absolute Gasteiger partial charge is 0.236 e. The summed E-state index contributed by atoms with van der Waals surface area (Å²) in [6, 6.07) is 0. The molecule has 0 saturated carbocycles. The molecule has 104 valence electrons. The summed E-state index contributed by atoms with van der Waals surface area (Å²) in [5, 5.41) is 10.1. The van der Waals surface area contributed by atoms with Crippen LogP contribution in [0.3, 0.4) is 0 Å². The van der Waals surface area contributed by atoms with E-state index in [4.69, 9.17) is 0 Å². The fraction of sp³-hybridized carbons (Fsp3) is 0.923. The number of rotatable bonds is 3. The third kappa shape index (κ3) is 2.84. The van der Waals surface area contributed by atoms with Crippen LogP contribution in [0.4, 0.5) is 0 Å². The van der Waals surface area contributed by atoms with Gasteiger partial charge in [0.1, 0.15) is 0 Å². The van der Waals surface area contributed by atoms with Crippen LogP contribution in [-0.4, -0.2) is 84.2 Å². The van der Waals surface area contributed by atoms with E-state index in [1.807, 2.05) is 23.6 Å². The largest absolute Gasteiger partial charge is 0.387 e. The van der Waals surface area contributed by atoms with Crippen LogP contribution in [0.15, 0.2) is 0 Å². The van der Waals surface area contributed by atoms with Gasteiger partial charge in [0.25, 0.3) is 0 Å². The Morgan fingerprint density at radius 2 is 1.78 bits per heavy atom. The van der Waals surface area contributed by atoms with Gasteiger partial charge in [-0.25, -0.2) is 0 Å². The fourth-order valence-corrected chi connectivity index (χ4v) is 2.55. The molecule has 2 aliphatic heterocycles. The number of piperazine rings is 1. The highest BCUT2D eigenvalue weighted by molar-refractivity contribution is 5.78. The van der Waals surface area contributed by atoms with Crippen LogP contribution in [0.5, 0.6) is 0 Å².